The number of aryl methyl sites for hydroxylation is 1. The fourth-order valence-corrected chi connectivity index (χ4v) is 3.02. The molecule has 4 aromatic rings. The summed E-state index contributed by atoms with van der Waals surface area (Å²) in [5.74, 6) is 0.542. The van der Waals surface area contributed by atoms with Crippen LogP contribution in [0.3, 0.4) is 0 Å². The second-order valence-electron chi connectivity index (χ2n) is 5.53. The number of nitrogens with two attached hydrogens (primary N) is 2. The predicted molar refractivity (Wildman–Crippen MR) is 96.7 cm³/mol. The number of hydrogen-bond donors (Lipinski definition) is 3. The van der Waals surface area contributed by atoms with Gasteiger partial charge < -0.3 is 16.0 Å². The summed E-state index contributed by atoms with van der Waals surface area (Å²) in [6, 6.07) is 14.4. The molecule has 0 aliphatic rings. The number of H-pyrrole nitrogens is 1. The maximum atomic E-state index is 5.74. The zero-order valence-corrected chi connectivity index (χ0v) is 13.2. The standard InChI is InChI=1S/C17H17N7/c1-2-24-13-6-4-3-5-11(13)12-9-10(7-8-14(12)24)20-21-15-16(18)22-23-17(15)19/h3-9H,2H2,1H3,(H5,18,19,22,23). The Balaban J connectivity index is 1.85. The van der Waals surface area contributed by atoms with Crippen LogP contribution in [0.25, 0.3) is 21.8 Å². The molecular formula is C17H17N7. The van der Waals surface area contributed by atoms with Gasteiger partial charge in [-0.1, -0.05) is 18.2 Å². The summed E-state index contributed by atoms with van der Waals surface area (Å²) >= 11 is 0. The summed E-state index contributed by atoms with van der Waals surface area (Å²) in [6.07, 6.45) is 0. The fourth-order valence-electron chi connectivity index (χ4n) is 3.02. The van der Waals surface area contributed by atoms with Crippen LogP contribution in [0.5, 0.6) is 0 Å². The summed E-state index contributed by atoms with van der Waals surface area (Å²) < 4.78 is 2.29. The average Bonchev–Trinajstić information content (AvgIpc) is 3.10. The van der Waals surface area contributed by atoms with Crippen molar-refractivity contribution in [2.75, 3.05) is 11.5 Å². The van der Waals surface area contributed by atoms with Gasteiger partial charge in [-0.25, -0.2) is 0 Å². The molecule has 2 aromatic carbocycles. The van der Waals surface area contributed by atoms with E-state index in [4.69, 9.17) is 11.5 Å². The molecule has 0 aliphatic carbocycles. The van der Waals surface area contributed by atoms with Gasteiger partial charge in [-0.2, -0.15) is 10.2 Å². The van der Waals surface area contributed by atoms with Crippen molar-refractivity contribution < 1.29 is 0 Å². The Labute approximate surface area is 138 Å². The lowest BCUT2D eigenvalue weighted by Gasteiger charge is -2.02. The summed E-state index contributed by atoms with van der Waals surface area (Å²) in [5.41, 5.74) is 14.9. The molecule has 0 fully saturated rings. The molecule has 2 aromatic heterocycles. The highest BCUT2D eigenvalue weighted by Gasteiger charge is 2.10. The predicted octanol–water partition coefficient (Wildman–Crippen LogP) is 4.12. The van der Waals surface area contributed by atoms with Crippen LogP contribution >= 0.6 is 0 Å². The molecule has 0 aliphatic heterocycles. The molecule has 0 radical (unpaired) electrons. The van der Waals surface area contributed by atoms with Gasteiger partial charge in [-0.3, -0.25) is 5.10 Å². The Bertz CT molecular complexity index is 1050. The Morgan fingerprint density at radius 3 is 2.58 bits per heavy atom. The summed E-state index contributed by atoms with van der Waals surface area (Å²) in [4.78, 5) is 0. The van der Waals surface area contributed by atoms with E-state index in [1.807, 2.05) is 18.2 Å². The number of nitrogen functional groups attached to an aromatic ring is 2. The van der Waals surface area contributed by atoms with Crippen LogP contribution in [0.4, 0.5) is 23.0 Å². The molecule has 2 heterocycles. The van der Waals surface area contributed by atoms with Crippen LogP contribution in [0.1, 0.15) is 6.92 Å². The SMILES string of the molecule is CCn1c2ccccc2c2cc(N=Nc3c(N)n[nH]c3N)ccc21. The van der Waals surface area contributed by atoms with Gasteiger partial charge in [-0.15, -0.1) is 5.11 Å². The molecule has 0 saturated heterocycles. The smallest absolute Gasteiger partial charge is 0.175 e. The molecule has 0 amide bonds. The van der Waals surface area contributed by atoms with Crippen molar-refractivity contribution in [3.05, 3.63) is 42.5 Å². The molecule has 24 heavy (non-hydrogen) atoms. The first-order valence-corrected chi connectivity index (χ1v) is 7.71. The molecule has 4 rings (SSSR count). The molecule has 0 unspecified atom stereocenters. The normalized spacial score (nSPS) is 11.9. The first-order valence-electron chi connectivity index (χ1n) is 7.71. The third-order valence-corrected chi connectivity index (χ3v) is 4.13. The van der Waals surface area contributed by atoms with E-state index in [2.05, 4.69) is 56.2 Å². The monoisotopic (exact) mass is 319 g/mol. The maximum absolute atomic E-state index is 5.74. The number of nitrogens with one attached hydrogen (secondary N) is 1. The molecule has 5 N–H and O–H groups in total. The van der Waals surface area contributed by atoms with Crippen molar-refractivity contribution >= 4 is 44.8 Å². The molecule has 0 saturated carbocycles. The van der Waals surface area contributed by atoms with Gasteiger partial charge in [-0.05, 0) is 31.2 Å². The van der Waals surface area contributed by atoms with Crippen molar-refractivity contribution in [3.63, 3.8) is 0 Å². The van der Waals surface area contributed by atoms with Crippen molar-refractivity contribution in [1.29, 1.82) is 0 Å². The van der Waals surface area contributed by atoms with Gasteiger partial charge >= 0.3 is 0 Å². The quantitative estimate of drug-likeness (QED) is 0.494. The second kappa shape index (κ2) is 5.38. The number of fused-ring (bicyclic) bond motifs is 3. The Hall–Kier alpha value is -3.35. The van der Waals surface area contributed by atoms with Gasteiger partial charge in [0.2, 0.25) is 0 Å². The van der Waals surface area contributed by atoms with Crippen LogP contribution < -0.4 is 11.5 Å². The number of azo groups is 1. The van der Waals surface area contributed by atoms with E-state index in [0.29, 0.717) is 11.5 Å². The second-order valence-corrected chi connectivity index (χ2v) is 5.53. The van der Waals surface area contributed by atoms with Crippen molar-refractivity contribution in [2.45, 2.75) is 13.5 Å². The lowest BCUT2D eigenvalue weighted by Crippen LogP contribution is -1.92. The van der Waals surface area contributed by atoms with E-state index < -0.39 is 0 Å². The third-order valence-electron chi connectivity index (χ3n) is 4.13. The van der Waals surface area contributed by atoms with Crippen molar-refractivity contribution in [3.8, 4) is 0 Å². The first kappa shape index (κ1) is 14.3. The van der Waals surface area contributed by atoms with E-state index in [1.165, 1.54) is 16.4 Å². The Morgan fingerprint density at radius 2 is 1.83 bits per heavy atom. The molecule has 7 nitrogen and oxygen atoms in total. The fraction of sp³-hybridized carbons (Fsp3) is 0.118. The highest BCUT2D eigenvalue weighted by molar-refractivity contribution is 6.08. The van der Waals surface area contributed by atoms with E-state index >= 15 is 0 Å². The minimum atomic E-state index is 0.236. The van der Waals surface area contributed by atoms with Gasteiger partial charge in [0.15, 0.2) is 11.5 Å². The number of benzene rings is 2. The van der Waals surface area contributed by atoms with E-state index in [-0.39, 0.29) is 5.82 Å². The van der Waals surface area contributed by atoms with E-state index in [0.717, 1.165) is 17.6 Å². The van der Waals surface area contributed by atoms with Crippen LogP contribution in [-0.4, -0.2) is 14.8 Å². The zero-order chi connectivity index (χ0) is 16.7. The van der Waals surface area contributed by atoms with Crippen molar-refractivity contribution in [2.24, 2.45) is 10.2 Å². The van der Waals surface area contributed by atoms with Gasteiger partial charge in [0.05, 0.1) is 5.69 Å². The number of aromatic nitrogens is 3. The molecule has 0 atom stereocenters. The number of aromatic amines is 1. The largest absolute Gasteiger partial charge is 0.382 e. The van der Waals surface area contributed by atoms with Crippen LogP contribution in [0.15, 0.2) is 52.7 Å². The lowest BCUT2D eigenvalue weighted by molar-refractivity contribution is 0.827. The third kappa shape index (κ3) is 2.10. The molecule has 0 spiro atoms. The molecule has 7 heteroatoms. The molecule has 120 valence electrons. The number of hydrogen-bond acceptors (Lipinski definition) is 5. The summed E-state index contributed by atoms with van der Waals surface area (Å²) in [6.45, 7) is 3.05. The van der Waals surface area contributed by atoms with E-state index in [1.54, 1.807) is 0 Å². The van der Waals surface area contributed by atoms with Crippen LogP contribution in [0.2, 0.25) is 0 Å². The Morgan fingerprint density at radius 1 is 1.04 bits per heavy atom. The first-order chi connectivity index (χ1) is 11.7. The number of rotatable bonds is 3. The minimum absolute atomic E-state index is 0.236. The minimum Gasteiger partial charge on any atom is -0.382 e. The zero-order valence-electron chi connectivity index (χ0n) is 13.2. The molecule has 0 bridgehead atoms. The summed E-state index contributed by atoms with van der Waals surface area (Å²) in [7, 11) is 0. The van der Waals surface area contributed by atoms with E-state index in [9.17, 15) is 0 Å². The lowest BCUT2D eigenvalue weighted by atomic mass is 10.1. The van der Waals surface area contributed by atoms with Crippen molar-refractivity contribution in [1.82, 2.24) is 14.8 Å². The van der Waals surface area contributed by atoms with Crippen LogP contribution in [0, 0.1) is 0 Å². The molecular weight excluding hydrogens is 302 g/mol. The maximum Gasteiger partial charge on any atom is 0.175 e. The Kier molecular flexibility index (Phi) is 3.19. The summed E-state index contributed by atoms with van der Waals surface area (Å²) in [5, 5.41) is 17.1. The van der Waals surface area contributed by atoms with Crippen LogP contribution in [-0.2, 0) is 6.54 Å². The van der Waals surface area contributed by atoms with Gasteiger partial charge in [0, 0.05) is 28.4 Å². The van der Waals surface area contributed by atoms with Gasteiger partial charge in [0.1, 0.15) is 5.82 Å². The highest BCUT2D eigenvalue weighted by atomic mass is 15.2. The number of anilines is 2. The number of nitrogens with zero attached hydrogens (tertiary/aromatic N) is 4. The number of para-hydroxylation sites is 1. The topological polar surface area (TPSA) is 110 Å². The van der Waals surface area contributed by atoms with Gasteiger partial charge in [0.25, 0.3) is 0 Å². The highest BCUT2D eigenvalue weighted by Crippen LogP contribution is 2.33. The average molecular weight is 319 g/mol.